The molecule has 0 radical (unpaired) electrons. The van der Waals surface area contributed by atoms with Gasteiger partial charge >= 0.3 is 5.76 Å². The summed E-state index contributed by atoms with van der Waals surface area (Å²) in [6.07, 6.45) is 0.400. The van der Waals surface area contributed by atoms with Crippen LogP contribution in [0.2, 0.25) is 0 Å². The van der Waals surface area contributed by atoms with Crippen LogP contribution in [-0.2, 0) is 17.8 Å². The quantitative estimate of drug-likeness (QED) is 0.395. The van der Waals surface area contributed by atoms with E-state index in [4.69, 9.17) is 14.4 Å². The molecule has 5 rings (SSSR count). The van der Waals surface area contributed by atoms with Crippen LogP contribution in [0.3, 0.4) is 0 Å². The van der Waals surface area contributed by atoms with Crippen LogP contribution >= 0.6 is 0 Å². The number of nitrogens with zero attached hydrogens (tertiary/aromatic N) is 4. The molecular formula is C25H20N6O4. The van der Waals surface area contributed by atoms with Crippen molar-refractivity contribution in [2.75, 3.05) is 18.5 Å². The van der Waals surface area contributed by atoms with E-state index in [0.29, 0.717) is 30.8 Å². The predicted molar refractivity (Wildman–Crippen MR) is 126 cm³/mol. The third-order valence-electron chi connectivity index (χ3n) is 5.36. The fourth-order valence-electron chi connectivity index (χ4n) is 3.69. The molecule has 2 N–H and O–H groups in total. The molecular weight excluding hydrogens is 448 g/mol. The van der Waals surface area contributed by atoms with Gasteiger partial charge in [-0.1, -0.05) is 30.3 Å². The summed E-state index contributed by atoms with van der Waals surface area (Å²) in [5, 5.41) is 19.3. The van der Waals surface area contributed by atoms with Gasteiger partial charge in [0.15, 0.2) is 24.0 Å². The summed E-state index contributed by atoms with van der Waals surface area (Å²) in [5.41, 5.74) is 3.72. The molecule has 2 aromatic heterocycles. The zero-order valence-electron chi connectivity index (χ0n) is 18.5. The van der Waals surface area contributed by atoms with Gasteiger partial charge in [0.05, 0.1) is 11.6 Å². The van der Waals surface area contributed by atoms with Crippen LogP contribution in [0.4, 0.5) is 5.82 Å². The monoisotopic (exact) mass is 468 g/mol. The van der Waals surface area contributed by atoms with E-state index in [1.54, 1.807) is 18.2 Å². The molecule has 10 nitrogen and oxygen atoms in total. The number of fused-ring (bicyclic) bond motifs is 1. The smallest absolute Gasteiger partial charge is 0.443 e. The number of benzene rings is 2. The third kappa shape index (κ3) is 4.95. The van der Waals surface area contributed by atoms with Crippen LogP contribution in [0.15, 0.2) is 69.9 Å². The number of hydrogen-bond acceptors (Lipinski definition) is 8. The molecule has 1 aliphatic rings. The first-order valence-electron chi connectivity index (χ1n) is 10.9. The summed E-state index contributed by atoms with van der Waals surface area (Å²) in [4.78, 5) is 28.0. The van der Waals surface area contributed by atoms with Gasteiger partial charge < -0.3 is 19.8 Å². The third-order valence-corrected chi connectivity index (χ3v) is 5.36. The van der Waals surface area contributed by atoms with Crippen LogP contribution < -0.4 is 21.1 Å². The van der Waals surface area contributed by atoms with Crippen molar-refractivity contribution in [1.29, 1.82) is 5.26 Å². The molecule has 0 fully saturated rings. The minimum atomic E-state index is -0.664. The molecule has 0 atom stereocenters. The lowest BCUT2D eigenvalue weighted by Gasteiger charge is -2.16. The number of carbonyl (C=O) groups is 1. The number of carbonyl (C=O) groups excluding carboxylic acids is 1. The van der Waals surface area contributed by atoms with Gasteiger partial charge in [-0.15, -0.1) is 9.78 Å². The van der Waals surface area contributed by atoms with Crippen molar-refractivity contribution in [1.82, 2.24) is 20.1 Å². The highest BCUT2D eigenvalue weighted by atomic mass is 16.5. The Morgan fingerprint density at radius 3 is 2.77 bits per heavy atom. The largest absolute Gasteiger partial charge is 0.480 e. The molecule has 4 aromatic rings. The number of rotatable bonds is 7. The Labute approximate surface area is 199 Å². The van der Waals surface area contributed by atoms with Crippen molar-refractivity contribution in [2.24, 2.45) is 0 Å². The first-order valence-corrected chi connectivity index (χ1v) is 10.9. The molecule has 1 aliphatic heterocycles. The summed E-state index contributed by atoms with van der Waals surface area (Å²) in [6.45, 7) is 1.08. The highest BCUT2D eigenvalue weighted by Crippen LogP contribution is 2.26. The molecule has 0 aliphatic carbocycles. The molecule has 0 spiro atoms. The number of hydrogen-bond donors (Lipinski definition) is 2. The molecule has 0 saturated heterocycles. The molecule has 2 aromatic carbocycles. The first kappa shape index (κ1) is 22.1. The average molecular weight is 468 g/mol. The summed E-state index contributed by atoms with van der Waals surface area (Å²) in [6, 6.07) is 20.9. The fraction of sp³-hybridized carbons (Fsp3) is 0.160. The van der Waals surface area contributed by atoms with Crippen LogP contribution in [0.5, 0.6) is 5.75 Å². The molecule has 0 unspecified atom stereocenters. The molecule has 0 bridgehead atoms. The van der Waals surface area contributed by atoms with Crippen molar-refractivity contribution in [3.63, 3.8) is 0 Å². The summed E-state index contributed by atoms with van der Waals surface area (Å²) in [5.74, 6) is 0.171. The number of nitriles is 1. The SMILES string of the molecule is N#Cc1cccc(-c2cccc(CNCCc3nn(-c4ccc5c(n4)NC(=O)CO5)c(=O)o3)c2)c1. The first-order chi connectivity index (χ1) is 17.1. The lowest BCUT2D eigenvalue weighted by atomic mass is 10.0. The van der Waals surface area contributed by atoms with Gasteiger partial charge in [0.2, 0.25) is 5.89 Å². The normalized spacial score (nSPS) is 12.4. The van der Waals surface area contributed by atoms with Crippen LogP contribution in [-0.4, -0.2) is 33.8 Å². The number of ether oxygens (including phenoxy) is 1. The highest BCUT2D eigenvalue weighted by molar-refractivity contribution is 5.94. The Morgan fingerprint density at radius 1 is 1.09 bits per heavy atom. The van der Waals surface area contributed by atoms with E-state index in [-0.39, 0.29) is 30.0 Å². The van der Waals surface area contributed by atoms with E-state index in [0.717, 1.165) is 21.4 Å². The van der Waals surface area contributed by atoms with E-state index >= 15 is 0 Å². The molecule has 35 heavy (non-hydrogen) atoms. The molecule has 174 valence electrons. The zero-order valence-corrected chi connectivity index (χ0v) is 18.5. The molecule has 0 saturated carbocycles. The summed E-state index contributed by atoms with van der Waals surface area (Å²) >= 11 is 0. The minimum Gasteiger partial charge on any atom is -0.480 e. The van der Waals surface area contributed by atoms with Crippen molar-refractivity contribution in [3.8, 4) is 28.8 Å². The Morgan fingerprint density at radius 2 is 1.91 bits per heavy atom. The van der Waals surface area contributed by atoms with E-state index in [2.05, 4.69) is 32.9 Å². The van der Waals surface area contributed by atoms with Gasteiger partial charge in [-0.3, -0.25) is 4.79 Å². The Hall–Kier alpha value is -4.75. The maximum Gasteiger partial charge on any atom is 0.443 e. The lowest BCUT2D eigenvalue weighted by Crippen LogP contribution is -2.27. The topological polar surface area (TPSA) is 135 Å². The van der Waals surface area contributed by atoms with Gasteiger partial charge in [0, 0.05) is 19.5 Å². The van der Waals surface area contributed by atoms with E-state index in [1.807, 2.05) is 36.4 Å². The Balaban J connectivity index is 1.20. The second-order valence-corrected chi connectivity index (χ2v) is 7.85. The zero-order chi connectivity index (χ0) is 24.2. The second-order valence-electron chi connectivity index (χ2n) is 7.85. The molecule has 1 amide bonds. The summed E-state index contributed by atoms with van der Waals surface area (Å²) < 4.78 is 11.6. The molecule has 3 heterocycles. The van der Waals surface area contributed by atoms with Gasteiger partial charge in [0.1, 0.15) is 0 Å². The Bertz CT molecular complexity index is 1500. The van der Waals surface area contributed by atoms with Gasteiger partial charge in [0.25, 0.3) is 5.91 Å². The number of amides is 1. The number of nitrogens with one attached hydrogen (secondary N) is 2. The van der Waals surface area contributed by atoms with Gasteiger partial charge in [-0.2, -0.15) is 5.26 Å². The van der Waals surface area contributed by atoms with Crippen molar-refractivity contribution < 1.29 is 13.9 Å². The number of anilines is 1. The predicted octanol–water partition coefficient (Wildman–Crippen LogP) is 2.42. The lowest BCUT2D eigenvalue weighted by molar-refractivity contribution is -0.118. The van der Waals surface area contributed by atoms with Crippen LogP contribution in [0.1, 0.15) is 17.0 Å². The molecule has 10 heteroatoms. The maximum atomic E-state index is 12.3. The maximum absolute atomic E-state index is 12.3. The van der Waals surface area contributed by atoms with Gasteiger partial charge in [-0.05, 0) is 47.0 Å². The van der Waals surface area contributed by atoms with Crippen molar-refractivity contribution in [3.05, 3.63) is 88.2 Å². The number of aromatic nitrogens is 3. The van der Waals surface area contributed by atoms with Crippen molar-refractivity contribution >= 4 is 11.7 Å². The minimum absolute atomic E-state index is 0.0756. The van der Waals surface area contributed by atoms with Crippen LogP contribution in [0, 0.1) is 11.3 Å². The average Bonchev–Trinajstić information content (AvgIpc) is 3.26. The fourth-order valence-corrected chi connectivity index (χ4v) is 3.69. The standard InChI is InChI=1S/C25H20N6O4/c26-13-16-3-1-5-18(11-16)19-6-2-4-17(12-19)14-27-10-9-23-30-31(25(33)35-23)21-8-7-20-24(28-21)29-22(32)15-34-20/h1-8,11-12,27H,9-10,14-15H2,(H,28,29,32). The van der Waals surface area contributed by atoms with Crippen molar-refractivity contribution in [2.45, 2.75) is 13.0 Å². The van der Waals surface area contributed by atoms with E-state index in [9.17, 15) is 9.59 Å². The van der Waals surface area contributed by atoms with Gasteiger partial charge in [-0.25, -0.2) is 9.78 Å². The second kappa shape index (κ2) is 9.62. The number of pyridine rings is 1. The van der Waals surface area contributed by atoms with E-state index < -0.39 is 5.76 Å². The Kier molecular flexibility index (Phi) is 6.07. The van der Waals surface area contributed by atoms with Crippen LogP contribution in [0.25, 0.3) is 16.9 Å². The summed E-state index contributed by atoms with van der Waals surface area (Å²) in [7, 11) is 0. The highest BCUT2D eigenvalue weighted by Gasteiger charge is 2.19. The van der Waals surface area contributed by atoms with E-state index in [1.165, 1.54) is 0 Å².